The number of phenols is 1. The minimum absolute atomic E-state index is 0.0560. The first-order valence-corrected chi connectivity index (χ1v) is 12.7. The molecule has 4 aromatic rings. The lowest BCUT2D eigenvalue weighted by atomic mass is 9.80. The van der Waals surface area contributed by atoms with Crippen LogP contribution in [0, 0.1) is 0 Å². The topological polar surface area (TPSA) is 83.5 Å². The zero-order chi connectivity index (χ0) is 28.3. The minimum Gasteiger partial charge on any atom is -0.504 e. The number of phenolic OH excluding ortho intramolecular Hbond substituents is 1. The van der Waals surface area contributed by atoms with Gasteiger partial charge in [0.2, 0.25) is 5.75 Å². The second-order valence-corrected chi connectivity index (χ2v) is 9.28. The highest BCUT2D eigenvalue weighted by Crippen LogP contribution is 2.54. The SMILES string of the molecule is COc1ccc(C2(c3cc(OC)c(OC)c(OC)c3)CC(C(=O)c3ccccc3)=C(c3ccccc3)O2)cc1O. The molecular formula is C33H30O7. The molecule has 0 fully saturated rings. The number of hydrogen-bond donors (Lipinski definition) is 1. The Morgan fingerprint density at radius 3 is 1.88 bits per heavy atom. The molecule has 204 valence electrons. The molecule has 1 atom stereocenters. The summed E-state index contributed by atoms with van der Waals surface area (Å²) in [6.07, 6.45) is 0.176. The Balaban J connectivity index is 1.77. The van der Waals surface area contributed by atoms with Crippen molar-refractivity contribution in [2.24, 2.45) is 0 Å². The minimum atomic E-state index is -1.23. The lowest BCUT2D eigenvalue weighted by Gasteiger charge is -2.32. The zero-order valence-electron chi connectivity index (χ0n) is 22.8. The van der Waals surface area contributed by atoms with Gasteiger partial charge in [-0.2, -0.15) is 0 Å². The van der Waals surface area contributed by atoms with Gasteiger partial charge < -0.3 is 28.8 Å². The summed E-state index contributed by atoms with van der Waals surface area (Å²) in [7, 11) is 6.11. The summed E-state index contributed by atoms with van der Waals surface area (Å²) >= 11 is 0. The summed E-state index contributed by atoms with van der Waals surface area (Å²) in [5, 5.41) is 10.8. The van der Waals surface area contributed by atoms with Gasteiger partial charge in [0.15, 0.2) is 34.4 Å². The molecule has 1 N–H and O–H groups in total. The lowest BCUT2D eigenvalue weighted by Crippen LogP contribution is -2.28. The van der Waals surface area contributed by atoms with Crippen molar-refractivity contribution in [1.82, 2.24) is 0 Å². The summed E-state index contributed by atoms with van der Waals surface area (Å²) in [6.45, 7) is 0. The second-order valence-electron chi connectivity index (χ2n) is 9.28. The monoisotopic (exact) mass is 538 g/mol. The highest BCUT2D eigenvalue weighted by Gasteiger charge is 2.47. The largest absolute Gasteiger partial charge is 0.504 e. The summed E-state index contributed by atoms with van der Waals surface area (Å²) in [5.74, 6) is 1.86. The van der Waals surface area contributed by atoms with Crippen LogP contribution < -0.4 is 18.9 Å². The Bertz CT molecular complexity index is 1540. The molecule has 0 saturated carbocycles. The molecule has 1 aliphatic rings. The molecule has 7 heteroatoms. The Hall–Kier alpha value is -4.91. The molecule has 0 aromatic heterocycles. The number of ketones is 1. The van der Waals surface area contributed by atoms with Crippen LogP contribution in [0.15, 0.2) is 96.6 Å². The Morgan fingerprint density at radius 2 is 1.32 bits per heavy atom. The molecule has 7 nitrogen and oxygen atoms in total. The van der Waals surface area contributed by atoms with Gasteiger partial charge >= 0.3 is 0 Å². The highest BCUT2D eigenvalue weighted by molar-refractivity contribution is 6.13. The van der Waals surface area contributed by atoms with Crippen molar-refractivity contribution < 1.29 is 33.6 Å². The summed E-state index contributed by atoms with van der Waals surface area (Å²) in [4.78, 5) is 14.0. The van der Waals surface area contributed by atoms with E-state index in [0.717, 1.165) is 5.56 Å². The van der Waals surface area contributed by atoms with Crippen LogP contribution in [-0.4, -0.2) is 39.3 Å². The molecule has 1 unspecified atom stereocenters. The number of Topliss-reactive ketones (excluding diaryl/α,β-unsaturated/α-hetero) is 1. The fourth-order valence-electron chi connectivity index (χ4n) is 5.12. The molecule has 0 aliphatic carbocycles. The number of hydrogen-bond acceptors (Lipinski definition) is 7. The molecule has 1 heterocycles. The van der Waals surface area contributed by atoms with E-state index in [2.05, 4.69) is 0 Å². The van der Waals surface area contributed by atoms with Gasteiger partial charge in [-0.15, -0.1) is 0 Å². The first-order valence-electron chi connectivity index (χ1n) is 12.7. The molecule has 0 radical (unpaired) electrons. The lowest BCUT2D eigenvalue weighted by molar-refractivity contribution is 0.0955. The summed E-state index contributed by atoms with van der Waals surface area (Å²) < 4.78 is 29.1. The summed E-state index contributed by atoms with van der Waals surface area (Å²) in [6, 6.07) is 27.3. The van der Waals surface area contributed by atoms with Crippen LogP contribution in [-0.2, 0) is 10.3 Å². The van der Waals surface area contributed by atoms with Gasteiger partial charge in [0, 0.05) is 34.2 Å². The number of aromatic hydroxyl groups is 1. The third-order valence-corrected chi connectivity index (χ3v) is 7.10. The number of rotatable bonds is 9. The number of benzene rings is 4. The van der Waals surface area contributed by atoms with E-state index in [1.165, 1.54) is 14.2 Å². The van der Waals surface area contributed by atoms with E-state index in [4.69, 9.17) is 23.7 Å². The van der Waals surface area contributed by atoms with Crippen molar-refractivity contribution in [1.29, 1.82) is 0 Å². The van der Waals surface area contributed by atoms with E-state index in [9.17, 15) is 9.90 Å². The van der Waals surface area contributed by atoms with E-state index in [1.807, 2.05) is 54.6 Å². The van der Waals surface area contributed by atoms with E-state index < -0.39 is 5.60 Å². The van der Waals surface area contributed by atoms with Gasteiger partial charge in [0.05, 0.1) is 28.4 Å². The molecule has 0 saturated heterocycles. The van der Waals surface area contributed by atoms with Crippen molar-refractivity contribution in [3.63, 3.8) is 0 Å². The molecule has 0 spiro atoms. The van der Waals surface area contributed by atoms with E-state index in [1.54, 1.807) is 50.6 Å². The second kappa shape index (κ2) is 11.1. The predicted molar refractivity (Wildman–Crippen MR) is 151 cm³/mol. The van der Waals surface area contributed by atoms with Gasteiger partial charge in [-0.25, -0.2) is 0 Å². The molecule has 0 amide bonds. The maximum absolute atomic E-state index is 14.0. The maximum atomic E-state index is 14.0. The number of carbonyl (C=O) groups excluding carboxylic acids is 1. The van der Waals surface area contributed by atoms with Crippen molar-refractivity contribution in [3.05, 3.63) is 119 Å². The van der Waals surface area contributed by atoms with Crippen LogP contribution in [0.25, 0.3) is 5.76 Å². The Labute approximate surface area is 233 Å². The fourth-order valence-corrected chi connectivity index (χ4v) is 5.12. The van der Waals surface area contributed by atoms with Crippen LogP contribution in [0.3, 0.4) is 0 Å². The van der Waals surface area contributed by atoms with Crippen molar-refractivity contribution in [2.45, 2.75) is 12.0 Å². The first kappa shape index (κ1) is 26.7. The number of carbonyl (C=O) groups is 1. The molecule has 40 heavy (non-hydrogen) atoms. The fraction of sp³-hybridized carbons (Fsp3) is 0.182. The molecule has 4 aromatic carbocycles. The first-order chi connectivity index (χ1) is 19.4. The molecule has 5 rings (SSSR count). The van der Waals surface area contributed by atoms with Gasteiger partial charge in [0.1, 0.15) is 5.76 Å². The van der Waals surface area contributed by atoms with Gasteiger partial charge in [-0.3, -0.25) is 4.79 Å². The summed E-state index contributed by atoms with van der Waals surface area (Å²) in [5.41, 5.74) is 1.84. The molecule has 0 bridgehead atoms. The Morgan fingerprint density at radius 1 is 0.725 bits per heavy atom. The predicted octanol–water partition coefficient (Wildman–Crippen LogP) is 6.38. The average molecular weight is 539 g/mol. The molecule has 1 aliphatic heterocycles. The molecular weight excluding hydrogens is 508 g/mol. The highest BCUT2D eigenvalue weighted by atomic mass is 16.5. The quantitative estimate of drug-likeness (QED) is 0.248. The van der Waals surface area contributed by atoms with Crippen molar-refractivity contribution >= 4 is 11.5 Å². The van der Waals surface area contributed by atoms with Crippen LogP contribution in [0.1, 0.15) is 33.5 Å². The average Bonchev–Trinajstić information content (AvgIpc) is 3.42. The normalized spacial score (nSPS) is 16.3. The number of ether oxygens (including phenoxy) is 5. The van der Waals surface area contributed by atoms with Gasteiger partial charge in [-0.05, 0) is 24.3 Å². The third-order valence-electron chi connectivity index (χ3n) is 7.10. The van der Waals surface area contributed by atoms with Crippen LogP contribution in [0.4, 0.5) is 0 Å². The van der Waals surface area contributed by atoms with Crippen LogP contribution in [0.5, 0.6) is 28.7 Å². The third kappa shape index (κ3) is 4.60. The smallest absolute Gasteiger partial charge is 0.203 e. The number of methoxy groups -OCH3 is 4. The van der Waals surface area contributed by atoms with E-state index >= 15 is 0 Å². The van der Waals surface area contributed by atoms with Gasteiger partial charge in [0.25, 0.3) is 0 Å². The van der Waals surface area contributed by atoms with E-state index in [0.29, 0.717) is 51.0 Å². The van der Waals surface area contributed by atoms with Crippen molar-refractivity contribution in [2.75, 3.05) is 28.4 Å². The van der Waals surface area contributed by atoms with Crippen LogP contribution >= 0.6 is 0 Å². The van der Waals surface area contributed by atoms with Crippen LogP contribution in [0.2, 0.25) is 0 Å². The zero-order valence-corrected chi connectivity index (χ0v) is 22.8. The Kier molecular flexibility index (Phi) is 7.38. The van der Waals surface area contributed by atoms with Crippen molar-refractivity contribution in [3.8, 4) is 28.7 Å². The standard InChI is InChI=1S/C33H30O7/c1-36-27-16-15-23(17-26(27)34)33(24-18-28(37-2)32(39-4)29(19-24)38-3)20-25(30(35)21-11-7-5-8-12-21)31(40-33)22-13-9-6-10-14-22/h5-19,34H,20H2,1-4H3. The van der Waals surface area contributed by atoms with Gasteiger partial charge in [-0.1, -0.05) is 66.7 Å². The van der Waals surface area contributed by atoms with E-state index in [-0.39, 0.29) is 18.0 Å². The maximum Gasteiger partial charge on any atom is 0.203 e.